The molecule has 5 nitrogen and oxygen atoms in total. The van der Waals surface area contributed by atoms with E-state index in [1.165, 1.54) is 0 Å². The van der Waals surface area contributed by atoms with Crippen LogP contribution in [0.5, 0.6) is 11.5 Å². The van der Waals surface area contributed by atoms with E-state index in [2.05, 4.69) is 10.6 Å². The summed E-state index contributed by atoms with van der Waals surface area (Å²) in [6.07, 6.45) is 0. The zero-order valence-corrected chi connectivity index (χ0v) is 9.95. The van der Waals surface area contributed by atoms with Crippen molar-refractivity contribution in [3.63, 3.8) is 0 Å². The SMILES string of the molecule is CCOc1ccc([C@@H]2CNC(=O)N2)cc1OC. The molecule has 0 aromatic heterocycles. The number of hydrogen-bond donors (Lipinski definition) is 2. The van der Waals surface area contributed by atoms with Crippen molar-refractivity contribution in [1.82, 2.24) is 10.6 Å². The number of methoxy groups -OCH3 is 1. The minimum atomic E-state index is -0.136. The van der Waals surface area contributed by atoms with Crippen molar-refractivity contribution >= 4 is 6.03 Å². The lowest BCUT2D eigenvalue weighted by atomic mass is 10.1. The van der Waals surface area contributed by atoms with Gasteiger partial charge in [0.25, 0.3) is 0 Å². The molecular formula is C12H16N2O3. The Kier molecular flexibility index (Phi) is 3.37. The molecule has 1 aromatic carbocycles. The van der Waals surface area contributed by atoms with Crippen molar-refractivity contribution < 1.29 is 14.3 Å². The molecule has 0 saturated carbocycles. The average Bonchev–Trinajstić information content (AvgIpc) is 2.77. The Morgan fingerprint density at radius 2 is 2.24 bits per heavy atom. The molecule has 0 unspecified atom stereocenters. The molecule has 1 fully saturated rings. The first-order chi connectivity index (χ1) is 8.24. The number of carbonyl (C=O) groups excluding carboxylic acids is 1. The summed E-state index contributed by atoms with van der Waals surface area (Å²) in [5.41, 5.74) is 1.00. The molecule has 92 valence electrons. The summed E-state index contributed by atoms with van der Waals surface area (Å²) in [6, 6.07) is 5.55. The highest BCUT2D eigenvalue weighted by molar-refractivity contribution is 5.77. The van der Waals surface area contributed by atoms with Crippen LogP contribution in [-0.4, -0.2) is 26.3 Å². The van der Waals surface area contributed by atoms with Crippen molar-refractivity contribution in [1.29, 1.82) is 0 Å². The molecule has 2 rings (SSSR count). The van der Waals surface area contributed by atoms with Gasteiger partial charge in [-0.3, -0.25) is 0 Å². The zero-order chi connectivity index (χ0) is 12.3. The van der Waals surface area contributed by atoms with Crippen molar-refractivity contribution in [3.05, 3.63) is 23.8 Å². The fraction of sp³-hybridized carbons (Fsp3) is 0.417. The normalized spacial score (nSPS) is 18.5. The third kappa shape index (κ3) is 2.43. The monoisotopic (exact) mass is 236 g/mol. The van der Waals surface area contributed by atoms with Crippen molar-refractivity contribution in [2.24, 2.45) is 0 Å². The number of urea groups is 1. The molecule has 1 saturated heterocycles. The lowest BCUT2D eigenvalue weighted by molar-refractivity contribution is 0.247. The summed E-state index contributed by atoms with van der Waals surface area (Å²) in [5.74, 6) is 1.40. The second kappa shape index (κ2) is 4.95. The van der Waals surface area contributed by atoms with Gasteiger partial charge in [0.05, 0.1) is 19.8 Å². The molecule has 0 radical (unpaired) electrons. The standard InChI is InChI=1S/C12H16N2O3/c1-3-17-10-5-4-8(6-11(10)16-2)9-7-13-12(15)14-9/h4-6,9H,3,7H2,1-2H3,(H2,13,14,15)/t9-/m0/s1. The van der Waals surface area contributed by atoms with E-state index in [9.17, 15) is 4.79 Å². The van der Waals surface area contributed by atoms with E-state index in [4.69, 9.17) is 9.47 Å². The lowest BCUT2D eigenvalue weighted by Gasteiger charge is -2.13. The molecule has 17 heavy (non-hydrogen) atoms. The maximum absolute atomic E-state index is 11.1. The van der Waals surface area contributed by atoms with Gasteiger partial charge in [0.15, 0.2) is 11.5 Å². The molecule has 5 heteroatoms. The number of ether oxygens (including phenoxy) is 2. The summed E-state index contributed by atoms with van der Waals surface area (Å²) >= 11 is 0. The van der Waals surface area contributed by atoms with Crippen molar-refractivity contribution in [2.45, 2.75) is 13.0 Å². The first-order valence-electron chi connectivity index (χ1n) is 5.59. The predicted molar refractivity (Wildman–Crippen MR) is 63.4 cm³/mol. The van der Waals surface area contributed by atoms with Crippen LogP contribution in [0.15, 0.2) is 18.2 Å². The molecule has 1 aliphatic heterocycles. The minimum absolute atomic E-state index is 0.00734. The molecule has 0 aliphatic carbocycles. The number of amides is 2. The molecule has 1 atom stereocenters. The summed E-state index contributed by atoms with van der Waals surface area (Å²) in [4.78, 5) is 11.1. The van der Waals surface area contributed by atoms with Crippen LogP contribution < -0.4 is 20.1 Å². The van der Waals surface area contributed by atoms with E-state index in [1.54, 1.807) is 7.11 Å². The van der Waals surface area contributed by atoms with Gasteiger partial charge in [-0.25, -0.2) is 4.79 Å². The Bertz CT molecular complexity index is 420. The number of nitrogens with one attached hydrogen (secondary N) is 2. The molecular weight excluding hydrogens is 220 g/mol. The zero-order valence-electron chi connectivity index (χ0n) is 9.95. The quantitative estimate of drug-likeness (QED) is 0.831. The average molecular weight is 236 g/mol. The highest BCUT2D eigenvalue weighted by Gasteiger charge is 2.22. The van der Waals surface area contributed by atoms with E-state index in [-0.39, 0.29) is 12.1 Å². The van der Waals surface area contributed by atoms with E-state index in [0.717, 1.165) is 11.3 Å². The van der Waals surface area contributed by atoms with Crippen LogP contribution in [0.2, 0.25) is 0 Å². The predicted octanol–water partition coefficient (Wildman–Crippen LogP) is 1.45. The Morgan fingerprint density at radius 1 is 1.41 bits per heavy atom. The molecule has 1 heterocycles. The van der Waals surface area contributed by atoms with E-state index >= 15 is 0 Å². The van der Waals surface area contributed by atoms with Gasteiger partial charge >= 0.3 is 6.03 Å². The van der Waals surface area contributed by atoms with Crippen molar-refractivity contribution in [3.8, 4) is 11.5 Å². The molecule has 0 spiro atoms. The fourth-order valence-corrected chi connectivity index (χ4v) is 1.83. The third-order valence-corrected chi connectivity index (χ3v) is 2.66. The molecule has 1 aliphatic rings. The van der Waals surface area contributed by atoms with Crippen LogP contribution in [0.3, 0.4) is 0 Å². The van der Waals surface area contributed by atoms with Crippen LogP contribution in [0.4, 0.5) is 4.79 Å². The number of carbonyl (C=O) groups is 1. The molecule has 0 bridgehead atoms. The Labute approximate surface area is 100 Å². The highest BCUT2D eigenvalue weighted by Crippen LogP contribution is 2.30. The minimum Gasteiger partial charge on any atom is -0.493 e. The number of benzene rings is 1. The maximum atomic E-state index is 11.1. The van der Waals surface area contributed by atoms with Crippen LogP contribution >= 0.6 is 0 Å². The van der Waals surface area contributed by atoms with E-state index in [1.807, 2.05) is 25.1 Å². The Morgan fingerprint density at radius 3 is 2.82 bits per heavy atom. The van der Waals surface area contributed by atoms with E-state index < -0.39 is 0 Å². The second-order valence-electron chi connectivity index (χ2n) is 3.75. The third-order valence-electron chi connectivity index (χ3n) is 2.66. The fourth-order valence-electron chi connectivity index (χ4n) is 1.83. The molecule has 1 aromatic rings. The van der Waals surface area contributed by atoms with Gasteiger partial charge in [0.2, 0.25) is 0 Å². The van der Waals surface area contributed by atoms with Crippen LogP contribution in [-0.2, 0) is 0 Å². The number of rotatable bonds is 4. The molecule has 2 amide bonds. The summed E-state index contributed by atoms with van der Waals surface area (Å²) in [7, 11) is 1.60. The van der Waals surface area contributed by atoms with Gasteiger partial charge in [-0.15, -0.1) is 0 Å². The number of hydrogen-bond acceptors (Lipinski definition) is 3. The second-order valence-corrected chi connectivity index (χ2v) is 3.75. The van der Waals surface area contributed by atoms with Gasteiger partial charge in [-0.2, -0.15) is 0 Å². The van der Waals surface area contributed by atoms with Gasteiger partial charge in [-0.1, -0.05) is 6.07 Å². The van der Waals surface area contributed by atoms with E-state index in [0.29, 0.717) is 18.9 Å². The first-order valence-corrected chi connectivity index (χ1v) is 5.59. The summed E-state index contributed by atoms with van der Waals surface area (Å²) < 4.78 is 10.7. The smallest absolute Gasteiger partial charge is 0.315 e. The largest absolute Gasteiger partial charge is 0.493 e. The van der Waals surface area contributed by atoms with Gasteiger partial charge < -0.3 is 20.1 Å². The van der Waals surface area contributed by atoms with Gasteiger partial charge in [0, 0.05) is 6.54 Å². The highest BCUT2D eigenvalue weighted by atomic mass is 16.5. The maximum Gasteiger partial charge on any atom is 0.315 e. The lowest BCUT2D eigenvalue weighted by Crippen LogP contribution is -2.21. The van der Waals surface area contributed by atoms with Gasteiger partial charge in [0.1, 0.15) is 0 Å². The van der Waals surface area contributed by atoms with Crippen molar-refractivity contribution in [2.75, 3.05) is 20.3 Å². The summed E-state index contributed by atoms with van der Waals surface area (Å²) in [6.45, 7) is 3.11. The summed E-state index contributed by atoms with van der Waals surface area (Å²) in [5, 5.41) is 5.55. The van der Waals surface area contributed by atoms with Gasteiger partial charge in [-0.05, 0) is 24.6 Å². The van der Waals surface area contributed by atoms with Crippen LogP contribution in [0.1, 0.15) is 18.5 Å². The topological polar surface area (TPSA) is 59.6 Å². The molecule has 2 N–H and O–H groups in total. The van der Waals surface area contributed by atoms with Crippen LogP contribution in [0.25, 0.3) is 0 Å². The Hall–Kier alpha value is -1.91. The first kappa shape index (κ1) is 11.6. The Balaban J connectivity index is 2.22. The van der Waals surface area contributed by atoms with Crippen LogP contribution in [0, 0.1) is 0 Å².